The van der Waals surface area contributed by atoms with Crippen LogP contribution in [-0.4, -0.2) is 24.2 Å². The van der Waals surface area contributed by atoms with Crippen molar-refractivity contribution in [2.24, 2.45) is 0 Å². The molecule has 2 aliphatic carbocycles. The molecule has 0 bridgehead atoms. The van der Waals surface area contributed by atoms with Crippen LogP contribution in [0.3, 0.4) is 0 Å². The molecule has 0 spiro atoms. The van der Waals surface area contributed by atoms with E-state index in [-0.39, 0.29) is 50.5 Å². The largest absolute Gasteiger partial charge is 2.00 e. The van der Waals surface area contributed by atoms with E-state index in [2.05, 4.69) is 143 Å². The van der Waals surface area contributed by atoms with E-state index in [4.69, 9.17) is 0 Å². The van der Waals surface area contributed by atoms with Crippen LogP contribution in [0.2, 0.25) is 0 Å². The van der Waals surface area contributed by atoms with Crippen molar-refractivity contribution in [1.29, 1.82) is 0 Å². The molecule has 2 saturated carbocycles. The first-order valence-electron chi connectivity index (χ1n) is 16.9. The smallest absolute Gasteiger partial charge is 1.00 e. The molecule has 6 rings (SSSR count). The Kier molecular flexibility index (Phi) is 21.4. The van der Waals surface area contributed by atoms with Gasteiger partial charge in [0.05, 0.1) is 0 Å². The number of halogens is 2. The monoisotopic (exact) mass is 804 g/mol. The summed E-state index contributed by atoms with van der Waals surface area (Å²) in [6.45, 7) is 3.87. The van der Waals surface area contributed by atoms with Crippen LogP contribution < -0.4 is 55.2 Å². The topological polar surface area (TPSA) is 48.1 Å². The van der Waals surface area contributed by atoms with Gasteiger partial charge >= 0.3 is 16.5 Å². The summed E-state index contributed by atoms with van der Waals surface area (Å²) in [5.41, 5.74) is 5.48. The maximum Gasteiger partial charge on any atom is 2.00 e. The normalized spacial score (nSPS) is 20.3. The molecule has 4 N–H and O–H groups in total. The van der Waals surface area contributed by atoms with Crippen molar-refractivity contribution >= 4 is 0 Å². The predicted molar refractivity (Wildman–Crippen MR) is 185 cm³/mol. The standard InChI is InChI=1S/2C20H26N2.2BrH.Ni/c2*1-3-9-17(10-4-1)15-21-19-13-7-8-14-20(19)22-16-18-11-5-2-6-12-18;;;/h2*1-6,9-12,19-22H,7-8,13-16H2;2*1H;/q;;;;+2/p-2/t2*19-,20-;;;/m11.../s1. The Hall–Kier alpha value is -1.83. The maximum atomic E-state index is 3.76. The Morgan fingerprint density at radius 3 is 0.723 bits per heavy atom. The van der Waals surface area contributed by atoms with E-state index in [0.29, 0.717) is 24.2 Å². The molecule has 0 amide bonds. The molecular formula is C40H52Br2N4Ni. The molecule has 0 unspecified atom stereocenters. The second-order valence-corrected chi connectivity index (χ2v) is 12.5. The Bertz CT molecular complexity index is 1100. The van der Waals surface area contributed by atoms with Gasteiger partial charge in [-0.2, -0.15) is 0 Å². The summed E-state index contributed by atoms with van der Waals surface area (Å²) < 4.78 is 0. The first-order valence-corrected chi connectivity index (χ1v) is 16.9. The van der Waals surface area contributed by atoms with Gasteiger partial charge in [0.15, 0.2) is 0 Å². The third-order valence-electron chi connectivity index (χ3n) is 9.18. The summed E-state index contributed by atoms with van der Waals surface area (Å²) in [6.07, 6.45) is 10.5. The number of nitrogens with one attached hydrogen (secondary N) is 4. The molecule has 4 aromatic rings. The molecule has 4 nitrogen and oxygen atoms in total. The molecule has 0 aliphatic heterocycles. The zero-order valence-electron chi connectivity index (χ0n) is 27.4. The second kappa shape index (κ2) is 24.3. The van der Waals surface area contributed by atoms with Gasteiger partial charge in [0, 0.05) is 50.3 Å². The van der Waals surface area contributed by atoms with Crippen LogP contribution in [0.25, 0.3) is 0 Å². The molecule has 47 heavy (non-hydrogen) atoms. The van der Waals surface area contributed by atoms with Crippen LogP contribution in [0, 0.1) is 0 Å². The zero-order valence-corrected chi connectivity index (χ0v) is 31.6. The molecule has 0 saturated heterocycles. The first-order chi connectivity index (χ1) is 21.8. The molecule has 4 aromatic carbocycles. The van der Waals surface area contributed by atoms with Gasteiger partial charge in [0.1, 0.15) is 0 Å². The fourth-order valence-electron chi connectivity index (χ4n) is 6.62. The van der Waals surface area contributed by atoms with Crippen molar-refractivity contribution in [1.82, 2.24) is 21.3 Å². The van der Waals surface area contributed by atoms with Crippen LogP contribution in [-0.2, 0) is 42.7 Å². The number of benzene rings is 4. The SMILES string of the molecule is [Br-].[Br-].[Ni+2].c1ccc(CN[C@@H]2CCCC[C@H]2NCc2ccccc2)cc1.c1ccc(CN[C@@H]2CCCC[C@H]2NCc2ccccc2)cc1. The molecule has 4 atom stereocenters. The summed E-state index contributed by atoms with van der Waals surface area (Å²) >= 11 is 0. The van der Waals surface area contributed by atoms with Crippen molar-refractivity contribution in [3.63, 3.8) is 0 Å². The van der Waals surface area contributed by atoms with Crippen molar-refractivity contribution in [3.05, 3.63) is 144 Å². The van der Waals surface area contributed by atoms with Crippen LogP contribution in [0.1, 0.15) is 73.6 Å². The van der Waals surface area contributed by atoms with Gasteiger partial charge in [-0.25, -0.2) is 0 Å². The molecule has 0 aromatic heterocycles. The van der Waals surface area contributed by atoms with Crippen LogP contribution in [0.15, 0.2) is 121 Å². The Morgan fingerprint density at radius 2 is 0.532 bits per heavy atom. The van der Waals surface area contributed by atoms with Crippen LogP contribution in [0.4, 0.5) is 0 Å². The minimum Gasteiger partial charge on any atom is -1.00 e. The molecular weight excluding hydrogens is 755 g/mol. The van der Waals surface area contributed by atoms with Crippen molar-refractivity contribution in [2.45, 2.75) is 102 Å². The van der Waals surface area contributed by atoms with E-state index in [1.54, 1.807) is 0 Å². The van der Waals surface area contributed by atoms with E-state index in [1.807, 2.05) is 0 Å². The first kappa shape index (κ1) is 41.3. The van der Waals surface area contributed by atoms with E-state index in [0.717, 1.165) is 26.2 Å². The van der Waals surface area contributed by atoms with Gasteiger partial charge in [-0.1, -0.05) is 147 Å². The summed E-state index contributed by atoms with van der Waals surface area (Å²) in [5.74, 6) is 0. The second-order valence-electron chi connectivity index (χ2n) is 12.5. The van der Waals surface area contributed by atoms with E-state index in [9.17, 15) is 0 Å². The summed E-state index contributed by atoms with van der Waals surface area (Å²) in [4.78, 5) is 0. The van der Waals surface area contributed by atoms with E-state index >= 15 is 0 Å². The minimum atomic E-state index is 0. The van der Waals surface area contributed by atoms with Crippen LogP contribution >= 0.6 is 0 Å². The molecule has 2 fully saturated rings. The van der Waals surface area contributed by atoms with Crippen molar-refractivity contribution < 1.29 is 50.5 Å². The summed E-state index contributed by atoms with van der Waals surface area (Å²) in [6, 6.07) is 45.1. The minimum absolute atomic E-state index is 0. The fraction of sp³-hybridized carbons (Fsp3) is 0.400. The zero-order chi connectivity index (χ0) is 30.1. The van der Waals surface area contributed by atoms with Crippen LogP contribution in [0.5, 0.6) is 0 Å². The van der Waals surface area contributed by atoms with Gasteiger partial charge < -0.3 is 55.2 Å². The predicted octanol–water partition coefficient (Wildman–Crippen LogP) is 1.76. The molecule has 2 aliphatic rings. The summed E-state index contributed by atoms with van der Waals surface area (Å²) in [5, 5.41) is 15.0. The van der Waals surface area contributed by atoms with E-state index < -0.39 is 0 Å². The fourth-order valence-corrected chi connectivity index (χ4v) is 6.62. The van der Waals surface area contributed by atoms with Gasteiger partial charge in [0.25, 0.3) is 0 Å². The third kappa shape index (κ3) is 15.1. The average Bonchev–Trinajstić information content (AvgIpc) is 3.11. The quantitative estimate of drug-likeness (QED) is 0.165. The van der Waals surface area contributed by atoms with Crippen molar-refractivity contribution in [2.75, 3.05) is 0 Å². The number of hydrogen-bond donors (Lipinski definition) is 4. The molecule has 0 radical (unpaired) electrons. The number of rotatable bonds is 12. The molecule has 256 valence electrons. The Labute approximate surface area is 315 Å². The maximum absolute atomic E-state index is 3.76. The van der Waals surface area contributed by atoms with E-state index in [1.165, 1.54) is 73.6 Å². The van der Waals surface area contributed by atoms with Gasteiger partial charge in [0.2, 0.25) is 0 Å². The Balaban J connectivity index is 0.000000307. The van der Waals surface area contributed by atoms with Gasteiger partial charge in [-0.15, -0.1) is 0 Å². The summed E-state index contributed by atoms with van der Waals surface area (Å²) in [7, 11) is 0. The molecule has 7 heteroatoms. The molecule has 0 heterocycles. The average molecular weight is 807 g/mol. The van der Waals surface area contributed by atoms with Gasteiger partial charge in [-0.05, 0) is 47.9 Å². The Morgan fingerprint density at radius 1 is 0.340 bits per heavy atom. The van der Waals surface area contributed by atoms with Crippen molar-refractivity contribution in [3.8, 4) is 0 Å². The van der Waals surface area contributed by atoms with Gasteiger partial charge in [-0.3, -0.25) is 0 Å². The number of hydrogen-bond acceptors (Lipinski definition) is 4. The third-order valence-corrected chi connectivity index (χ3v) is 9.18.